The van der Waals surface area contributed by atoms with Gasteiger partial charge in [0.05, 0.1) is 15.4 Å². The van der Waals surface area contributed by atoms with Gasteiger partial charge in [-0.25, -0.2) is 17.6 Å². The van der Waals surface area contributed by atoms with Crippen LogP contribution in [-0.2, 0) is 19.6 Å². The molecule has 0 saturated carbocycles. The molecular formula is C18H14Br2FNO4S. The lowest BCUT2D eigenvalue weighted by Gasteiger charge is -2.25. The van der Waals surface area contributed by atoms with Crippen LogP contribution in [0, 0.1) is 12.7 Å². The molecule has 0 bridgehead atoms. The van der Waals surface area contributed by atoms with Gasteiger partial charge in [-0.3, -0.25) is 0 Å². The smallest absolute Gasteiger partial charge is 0.346 e. The molecule has 9 heteroatoms. The summed E-state index contributed by atoms with van der Waals surface area (Å²) in [6, 6.07) is 10.7. The highest BCUT2D eigenvalue weighted by molar-refractivity contribution is 9.14. The second-order valence-electron chi connectivity index (χ2n) is 5.95. The molecule has 0 aromatic heterocycles. The molecule has 0 aliphatic carbocycles. The number of halogens is 3. The van der Waals surface area contributed by atoms with Crippen molar-refractivity contribution in [2.24, 2.45) is 0 Å². The number of benzene rings is 2. The van der Waals surface area contributed by atoms with Crippen LogP contribution >= 0.6 is 31.9 Å². The molecule has 142 valence electrons. The minimum atomic E-state index is -3.92. The largest absolute Gasteiger partial charge is 0.451 e. The summed E-state index contributed by atoms with van der Waals surface area (Å²) in [5.74, 6) is -1.08. The molecule has 0 radical (unpaired) electrons. The molecular weight excluding hydrogens is 505 g/mol. The van der Waals surface area contributed by atoms with Gasteiger partial charge >= 0.3 is 5.97 Å². The quantitative estimate of drug-likeness (QED) is 0.605. The van der Waals surface area contributed by atoms with Crippen molar-refractivity contribution in [1.82, 2.24) is 4.72 Å². The number of carbonyl (C=O) groups is 1. The van der Waals surface area contributed by atoms with Crippen molar-refractivity contribution >= 4 is 47.9 Å². The van der Waals surface area contributed by atoms with Gasteiger partial charge in [0, 0.05) is 0 Å². The SMILES string of the molecule is Cc1ccc(S(=O)(=O)N[C@H](c2ccc(F)cc2)[C@@H]2OC(=O)C(Br)=C2Br)cc1. The lowest BCUT2D eigenvalue weighted by Crippen LogP contribution is -2.37. The van der Waals surface area contributed by atoms with Crippen LogP contribution in [0.25, 0.3) is 0 Å². The molecule has 2 atom stereocenters. The maximum absolute atomic E-state index is 13.3. The third-order valence-corrected chi connectivity index (χ3v) is 7.61. The summed E-state index contributed by atoms with van der Waals surface area (Å²) in [7, 11) is -3.92. The number of hydrogen-bond donors (Lipinski definition) is 1. The standard InChI is InChI=1S/C18H14Br2FNO4S/c1-10-2-8-13(9-3-10)27(24,25)22-16(11-4-6-12(21)7-5-11)17-14(19)15(20)18(23)26-17/h2-9,16-17,22H,1H3/t16-,17-/m1/s1. The van der Waals surface area contributed by atoms with Crippen LogP contribution in [0.5, 0.6) is 0 Å². The highest BCUT2D eigenvalue weighted by Crippen LogP contribution is 2.38. The zero-order valence-corrected chi connectivity index (χ0v) is 17.9. The predicted octanol–water partition coefficient (Wildman–Crippen LogP) is 4.08. The highest BCUT2D eigenvalue weighted by Gasteiger charge is 2.40. The van der Waals surface area contributed by atoms with E-state index in [1.165, 1.54) is 36.4 Å². The summed E-state index contributed by atoms with van der Waals surface area (Å²) in [5.41, 5.74) is 1.37. The lowest BCUT2D eigenvalue weighted by atomic mass is 10.0. The van der Waals surface area contributed by atoms with Gasteiger partial charge in [0.15, 0.2) is 6.10 Å². The normalized spacial score (nSPS) is 18.5. The van der Waals surface area contributed by atoms with Crippen molar-refractivity contribution in [2.45, 2.75) is 24.0 Å². The summed E-state index contributed by atoms with van der Waals surface area (Å²) in [5, 5.41) is 0. The monoisotopic (exact) mass is 517 g/mol. The van der Waals surface area contributed by atoms with Crippen LogP contribution in [0.1, 0.15) is 17.2 Å². The Morgan fingerprint density at radius 3 is 2.19 bits per heavy atom. The van der Waals surface area contributed by atoms with E-state index >= 15 is 0 Å². The van der Waals surface area contributed by atoms with Crippen LogP contribution in [0.4, 0.5) is 4.39 Å². The van der Waals surface area contributed by atoms with E-state index in [0.717, 1.165) is 5.56 Å². The number of cyclic esters (lactones) is 1. The minimum Gasteiger partial charge on any atom is -0.451 e. The molecule has 2 aromatic rings. The zero-order valence-electron chi connectivity index (χ0n) is 13.9. The van der Waals surface area contributed by atoms with Crippen LogP contribution in [-0.4, -0.2) is 20.5 Å². The van der Waals surface area contributed by atoms with Crippen molar-refractivity contribution in [1.29, 1.82) is 0 Å². The summed E-state index contributed by atoms with van der Waals surface area (Å²) >= 11 is 6.39. The molecule has 0 saturated heterocycles. The number of aryl methyl sites for hydroxylation is 1. The minimum absolute atomic E-state index is 0.0729. The number of sulfonamides is 1. The van der Waals surface area contributed by atoms with Crippen LogP contribution < -0.4 is 4.72 Å². The van der Waals surface area contributed by atoms with E-state index in [1.54, 1.807) is 12.1 Å². The number of hydrogen-bond acceptors (Lipinski definition) is 4. The molecule has 27 heavy (non-hydrogen) atoms. The number of carbonyl (C=O) groups excluding carboxylic acids is 1. The molecule has 0 fully saturated rings. The molecule has 1 aliphatic heterocycles. The average molecular weight is 519 g/mol. The van der Waals surface area contributed by atoms with Crippen LogP contribution in [0.3, 0.4) is 0 Å². The summed E-state index contributed by atoms with van der Waals surface area (Å²) in [6.07, 6.45) is -0.933. The van der Waals surface area contributed by atoms with Crippen LogP contribution in [0.15, 0.2) is 62.4 Å². The Hall–Kier alpha value is -1.55. The Labute approximate surface area is 172 Å². The van der Waals surface area contributed by atoms with E-state index in [9.17, 15) is 17.6 Å². The van der Waals surface area contributed by atoms with Gasteiger partial charge in [0.25, 0.3) is 0 Å². The molecule has 0 amide bonds. The van der Waals surface area contributed by atoms with Crippen molar-refractivity contribution in [3.63, 3.8) is 0 Å². The second-order valence-corrected chi connectivity index (χ2v) is 9.31. The third kappa shape index (κ3) is 4.31. The number of esters is 1. The first kappa shape index (κ1) is 20.2. The second kappa shape index (κ2) is 7.83. The van der Waals surface area contributed by atoms with Gasteiger partial charge in [-0.05, 0) is 68.6 Å². The van der Waals surface area contributed by atoms with Crippen molar-refractivity contribution in [3.8, 4) is 0 Å². The summed E-state index contributed by atoms with van der Waals surface area (Å²) < 4.78 is 47.4. The molecule has 1 heterocycles. The van der Waals surface area contributed by atoms with Gasteiger partial charge in [0.2, 0.25) is 10.0 Å². The molecule has 1 aliphatic rings. The lowest BCUT2D eigenvalue weighted by molar-refractivity contribution is -0.139. The van der Waals surface area contributed by atoms with E-state index in [4.69, 9.17) is 4.74 Å². The van der Waals surface area contributed by atoms with Crippen molar-refractivity contribution < 1.29 is 22.3 Å². The predicted molar refractivity (Wildman–Crippen MR) is 105 cm³/mol. The first-order valence-electron chi connectivity index (χ1n) is 7.79. The van der Waals surface area contributed by atoms with Gasteiger partial charge in [-0.2, -0.15) is 4.72 Å². The maximum atomic E-state index is 13.3. The molecule has 2 aromatic carbocycles. The highest BCUT2D eigenvalue weighted by atomic mass is 79.9. The van der Waals surface area contributed by atoms with E-state index in [0.29, 0.717) is 10.0 Å². The molecule has 0 unspecified atom stereocenters. The topological polar surface area (TPSA) is 72.5 Å². The Bertz CT molecular complexity index is 1000. The summed E-state index contributed by atoms with van der Waals surface area (Å²) in [4.78, 5) is 11.9. The first-order valence-corrected chi connectivity index (χ1v) is 10.9. The Morgan fingerprint density at radius 1 is 1.07 bits per heavy atom. The van der Waals surface area contributed by atoms with E-state index < -0.39 is 34.0 Å². The van der Waals surface area contributed by atoms with Crippen molar-refractivity contribution in [2.75, 3.05) is 0 Å². The molecule has 1 N–H and O–H groups in total. The Kier molecular flexibility index (Phi) is 5.85. The number of ether oxygens (including phenoxy) is 1. The first-order chi connectivity index (χ1) is 12.7. The fourth-order valence-electron chi connectivity index (χ4n) is 2.58. The number of rotatable bonds is 5. The van der Waals surface area contributed by atoms with Gasteiger partial charge in [-0.15, -0.1) is 0 Å². The van der Waals surface area contributed by atoms with E-state index in [2.05, 4.69) is 36.6 Å². The van der Waals surface area contributed by atoms with E-state index in [-0.39, 0.29) is 9.38 Å². The maximum Gasteiger partial charge on any atom is 0.346 e. The number of nitrogens with one attached hydrogen (secondary N) is 1. The van der Waals surface area contributed by atoms with Gasteiger partial charge < -0.3 is 4.74 Å². The fourth-order valence-corrected chi connectivity index (χ4v) is 4.65. The summed E-state index contributed by atoms with van der Waals surface area (Å²) in [6.45, 7) is 1.85. The Morgan fingerprint density at radius 2 is 1.67 bits per heavy atom. The van der Waals surface area contributed by atoms with Gasteiger partial charge in [-0.1, -0.05) is 29.8 Å². The molecule has 0 spiro atoms. The zero-order chi connectivity index (χ0) is 19.8. The molecule has 3 rings (SSSR count). The van der Waals surface area contributed by atoms with Gasteiger partial charge in [0.1, 0.15) is 10.3 Å². The fraction of sp³-hybridized carbons (Fsp3) is 0.167. The Balaban J connectivity index is 2.01. The molecule has 5 nitrogen and oxygen atoms in total. The third-order valence-electron chi connectivity index (χ3n) is 4.02. The van der Waals surface area contributed by atoms with Crippen molar-refractivity contribution in [3.05, 3.63) is 74.4 Å². The van der Waals surface area contributed by atoms with E-state index in [1.807, 2.05) is 6.92 Å². The average Bonchev–Trinajstić information content (AvgIpc) is 2.88. The van der Waals surface area contributed by atoms with Crippen LogP contribution in [0.2, 0.25) is 0 Å².